The third-order valence-electron chi connectivity index (χ3n) is 10.6. The standard InChI is InChI=1S/C33H36N10O3/c1-46-27-12-22(32(44)42-17-21-8-9-25(42)28(21)34)10-23-29(27)43(16-19-13-40(14-19)33(45)30-36-38-39-37-30)31(35-23)26-11-20-4-2-3-5-24(20)41(26)15-18-6-7-18/h2-5,10-12,18-19,21,25,28H,6-9,13-17,34H2,1H3,(H,36,37,38,39)/t21-,25-,28-/m1/s1. The molecule has 5 heterocycles. The van der Waals surface area contributed by atoms with E-state index < -0.39 is 0 Å². The number of fused-ring (bicyclic) bond motifs is 4. The first-order valence-electron chi connectivity index (χ1n) is 16.2. The maximum absolute atomic E-state index is 13.9. The van der Waals surface area contributed by atoms with E-state index in [9.17, 15) is 9.59 Å². The summed E-state index contributed by atoms with van der Waals surface area (Å²) in [7, 11) is 1.65. The third-order valence-corrected chi connectivity index (χ3v) is 10.6. The predicted molar refractivity (Wildman–Crippen MR) is 169 cm³/mol. The molecule has 0 unspecified atom stereocenters. The number of rotatable bonds is 8. The number of aromatic amines is 1. The first kappa shape index (κ1) is 27.5. The Morgan fingerprint density at radius 2 is 1.80 bits per heavy atom. The number of nitrogens with two attached hydrogens (primary N) is 1. The van der Waals surface area contributed by atoms with E-state index in [0.29, 0.717) is 54.8 Å². The number of hydrogen-bond acceptors (Lipinski definition) is 8. The van der Waals surface area contributed by atoms with Gasteiger partial charge in [-0.3, -0.25) is 9.59 Å². The summed E-state index contributed by atoms with van der Waals surface area (Å²) in [6, 6.07) is 14.6. The van der Waals surface area contributed by atoms with Crippen molar-refractivity contribution in [3.05, 3.63) is 53.9 Å². The number of nitrogens with zero attached hydrogens (tertiary/aromatic N) is 8. The summed E-state index contributed by atoms with van der Waals surface area (Å²) in [6.45, 7) is 3.39. The summed E-state index contributed by atoms with van der Waals surface area (Å²) < 4.78 is 10.6. The van der Waals surface area contributed by atoms with Crippen LogP contribution in [0.3, 0.4) is 0 Å². The quantitative estimate of drug-likeness (QED) is 0.269. The minimum absolute atomic E-state index is 0.0172. The Kier molecular flexibility index (Phi) is 6.21. The van der Waals surface area contributed by atoms with E-state index in [2.05, 4.69) is 60.1 Å². The molecule has 5 aromatic rings. The number of aromatic nitrogens is 7. The molecule has 4 aliphatic rings. The van der Waals surface area contributed by atoms with Gasteiger partial charge in [0.2, 0.25) is 0 Å². The summed E-state index contributed by atoms with van der Waals surface area (Å²) in [5.74, 6) is 2.47. The van der Waals surface area contributed by atoms with Crippen LogP contribution in [0, 0.1) is 17.8 Å². The third kappa shape index (κ3) is 4.32. The first-order valence-corrected chi connectivity index (χ1v) is 16.2. The molecular weight excluding hydrogens is 584 g/mol. The van der Waals surface area contributed by atoms with E-state index in [0.717, 1.165) is 36.4 Å². The highest BCUT2D eigenvalue weighted by molar-refractivity contribution is 6.00. The molecule has 13 nitrogen and oxygen atoms in total. The van der Waals surface area contributed by atoms with E-state index in [-0.39, 0.29) is 35.6 Å². The number of likely N-dealkylation sites (tertiary alicyclic amines) is 2. The summed E-state index contributed by atoms with van der Waals surface area (Å²) in [6.07, 6.45) is 4.50. The van der Waals surface area contributed by atoms with Gasteiger partial charge in [-0.1, -0.05) is 18.2 Å². The fraction of sp³-hybridized carbons (Fsp3) is 0.455. The molecule has 2 saturated heterocycles. The molecule has 236 valence electrons. The molecule has 3 aromatic heterocycles. The highest BCUT2D eigenvalue weighted by Gasteiger charge is 2.47. The maximum Gasteiger partial charge on any atom is 0.295 e. The average Bonchev–Trinajstić information content (AvgIpc) is 3.44. The molecule has 9 rings (SSSR count). The Balaban J connectivity index is 1.13. The minimum Gasteiger partial charge on any atom is -0.494 e. The second-order valence-corrected chi connectivity index (χ2v) is 13.5. The van der Waals surface area contributed by atoms with Crippen molar-refractivity contribution in [1.29, 1.82) is 0 Å². The number of carbonyl (C=O) groups is 2. The molecule has 3 N–H and O–H groups in total. The topological polar surface area (TPSA) is 153 Å². The van der Waals surface area contributed by atoms with E-state index >= 15 is 0 Å². The molecule has 4 fully saturated rings. The lowest BCUT2D eigenvalue weighted by atomic mass is 9.99. The average molecular weight is 621 g/mol. The molecule has 2 aromatic carbocycles. The van der Waals surface area contributed by atoms with Crippen molar-refractivity contribution >= 4 is 33.8 Å². The fourth-order valence-electron chi connectivity index (χ4n) is 7.98. The molecule has 2 amide bonds. The van der Waals surface area contributed by atoms with Gasteiger partial charge in [-0.2, -0.15) is 5.21 Å². The zero-order valence-corrected chi connectivity index (χ0v) is 25.7. The zero-order valence-electron chi connectivity index (χ0n) is 25.7. The van der Waals surface area contributed by atoms with Crippen LogP contribution >= 0.6 is 0 Å². The van der Waals surface area contributed by atoms with Crippen molar-refractivity contribution < 1.29 is 14.3 Å². The number of benzene rings is 2. The number of amides is 2. The van der Waals surface area contributed by atoms with E-state index in [1.165, 1.54) is 23.7 Å². The molecule has 2 aliphatic heterocycles. The zero-order chi connectivity index (χ0) is 31.1. The second-order valence-electron chi connectivity index (χ2n) is 13.5. The summed E-state index contributed by atoms with van der Waals surface area (Å²) >= 11 is 0. The lowest BCUT2D eigenvalue weighted by Crippen LogP contribution is -2.51. The van der Waals surface area contributed by atoms with Gasteiger partial charge in [-0.05, 0) is 67.0 Å². The highest BCUT2D eigenvalue weighted by Crippen LogP contribution is 2.41. The number of ether oxygens (including phenoxy) is 1. The molecule has 13 heteroatoms. The van der Waals surface area contributed by atoms with Gasteiger partial charge in [0, 0.05) is 67.2 Å². The Morgan fingerprint density at radius 3 is 2.52 bits per heavy atom. The van der Waals surface area contributed by atoms with Crippen LogP contribution < -0.4 is 10.5 Å². The van der Waals surface area contributed by atoms with Gasteiger partial charge in [-0.25, -0.2) is 4.98 Å². The van der Waals surface area contributed by atoms with Crippen LogP contribution in [-0.4, -0.2) is 95.2 Å². The Morgan fingerprint density at radius 1 is 0.978 bits per heavy atom. The largest absolute Gasteiger partial charge is 0.494 e. The maximum atomic E-state index is 13.9. The Hall–Kier alpha value is -4.78. The predicted octanol–water partition coefficient (Wildman–Crippen LogP) is 2.92. The smallest absolute Gasteiger partial charge is 0.295 e. The normalized spacial score (nSPS) is 22.7. The molecule has 46 heavy (non-hydrogen) atoms. The molecule has 2 aliphatic carbocycles. The van der Waals surface area contributed by atoms with Crippen LogP contribution in [0.1, 0.15) is 46.7 Å². The van der Waals surface area contributed by atoms with E-state index in [4.69, 9.17) is 15.5 Å². The van der Waals surface area contributed by atoms with Crippen molar-refractivity contribution in [3.8, 4) is 17.3 Å². The van der Waals surface area contributed by atoms with Gasteiger partial charge in [0.1, 0.15) is 11.3 Å². The van der Waals surface area contributed by atoms with Crippen molar-refractivity contribution in [2.75, 3.05) is 26.7 Å². The number of tetrazole rings is 1. The van der Waals surface area contributed by atoms with Crippen molar-refractivity contribution in [3.63, 3.8) is 0 Å². The van der Waals surface area contributed by atoms with Gasteiger partial charge in [0.05, 0.1) is 18.3 Å². The van der Waals surface area contributed by atoms with Crippen LogP contribution in [-0.2, 0) is 13.1 Å². The number of nitrogens with one attached hydrogen (secondary N) is 1. The number of imidazole rings is 1. The van der Waals surface area contributed by atoms with E-state index in [1.54, 1.807) is 12.0 Å². The SMILES string of the molecule is COc1cc(C(=O)N2C[C@H]3CC[C@@H]2[C@@H]3N)cc2nc(-c3cc4ccccc4n3CC3CC3)n(CC3CN(C(=O)c4nn[nH]n4)C3)c12. The first-order chi connectivity index (χ1) is 22.5. The highest BCUT2D eigenvalue weighted by atomic mass is 16.5. The van der Waals surface area contributed by atoms with Gasteiger partial charge in [-0.15, -0.1) is 10.2 Å². The lowest BCUT2D eigenvalue weighted by Gasteiger charge is -2.39. The molecule has 2 saturated carbocycles. The van der Waals surface area contributed by atoms with Gasteiger partial charge in [0.25, 0.3) is 17.6 Å². The Bertz CT molecular complexity index is 1990. The van der Waals surface area contributed by atoms with Crippen molar-refractivity contribution in [2.24, 2.45) is 23.5 Å². The van der Waals surface area contributed by atoms with Crippen LogP contribution in [0.15, 0.2) is 42.5 Å². The number of carbonyl (C=O) groups excluding carboxylic acids is 2. The second kappa shape index (κ2) is 10.4. The van der Waals surface area contributed by atoms with Gasteiger partial charge in [0.15, 0.2) is 5.82 Å². The number of para-hydroxylation sites is 1. The Labute approximate surface area is 264 Å². The number of methoxy groups -OCH3 is 1. The molecule has 0 spiro atoms. The van der Waals surface area contributed by atoms with Crippen LogP contribution in [0.2, 0.25) is 0 Å². The summed E-state index contributed by atoms with van der Waals surface area (Å²) in [5.41, 5.74) is 10.8. The number of H-pyrrole nitrogens is 1. The fourth-order valence-corrected chi connectivity index (χ4v) is 7.98. The van der Waals surface area contributed by atoms with Gasteiger partial charge >= 0.3 is 0 Å². The number of piperidine rings is 1. The van der Waals surface area contributed by atoms with Crippen molar-refractivity contribution in [2.45, 2.75) is 50.9 Å². The summed E-state index contributed by atoms with van der Waals surface area (Å²) in [4.78, 5) is 35.7. The van der Waals surface area contributed by atoms with Crippen LogP contribution in [0.4, 0.5) is 0 Å². The molecule has 2 bridgehead atoms. The monoisotopic (exact) mass is 620 g/mol. The summed E-state index contributed by atoms with van der Waals surface area (Å²) in [5, 5.41) is 14.8. The van der Waals surface area contributed by atoms with Gasteiger partial charge < -0.3 is 29.4 Å². The van der Waals surface area contributed by atoms with Crippen LogP contribution in [0.5, 0.6) is 5.75 Å². The molecule has 0 radical (unpaired) electrons. The van der Waals surface area contributed by atoms with Crippen molar-refractivity contribution in [1.82, 2.24) is 44.5 Å². The molecule has 3 atom stereocenters. The number of hydrogen-bond donors (Lipinski definition) is 2. The lowest BCUT2D eigenvalue weighted by molar-refractivity contribution is 0.0459. The molecular formula is C33H36N10O3. The van der Waals surface area contributed by atoms with Crippen LogP contribution in [0.25, 0.3) is 33.5 Å². The minimum atomic E-state index is -0.235. The van der Waals surface area contributed by atoms with E-state index in [1.807, 2.05) is 17.0 Å².